The first-order valence-electron chi connectivity index (χ1n) is 3.91. The van der Waals surface area contributed by atoms with E-state index in [-0.39, 0.29) is 0 Å². The minimum atomic E-state index is 0.529. The Hall–Kier alpha value is -1.05. The minimum Gasteiger partial charge on any atom is -0.342 e. The van der Waals surface area contributed by atoms with E-state index in [1.807, 2.05) is 25.3 Å². The van der Waals surface area contributed by atoms with Gasteiger partial charge >= 0.3 is 0 Å². The molecular formula is C9H14N2. The second-order valence-corrected chi connectivity index (χ2v) is 2.88. The van der Waals surface area contributed by atoms with Crippen molar-refractivity contribution in [1.29, 1.82) is 0 Å². The molecule has 0 aliphatic heterocycles. The average molecular weight is 150 g/mol. The van der Waals surface area contributed by atoms with Crippen LogP contribution in [0.3, 0.4) is 0 Å². The fraction of sp³-hybridized carbons (Fsp3) is 0.444. The molecule has 1 heterocycles. The molecule has 2 heteroatoms. The molecule has 11 heavy (non-hydrogen) atoms. The highest BCUT2D eigenvalue weighted by Crippen LogP contribution is 2.10. The first-order chi connectivity index (χ1) is 5.24. The van der Waals surface area contributed by atoms with Crippen molar-refractivity contribution in [2.24, 2.45) is 0 Å². The maximum atomic E-state index is 4.18. The number of rotatable bonds is 2. The summed E-state index contributed by atoms with van der Waals surface area (Å²) in [5.74, 6) is 1.47. The monoisotopic (exact) mass is 150 g/mol. The van der Waals surface area contributed by atoms with Gasteiger partial charge in [0.1, 0.15) is 5.82 Å². The predicted octanol–water partition coefficient (Wildman–Crippen LogP) is 2.57. The number of nitrogens with one attached hydrogen (secondary N) is 1. The van der Waals surface area contributed by atoms with Gasteiger partial charge in [-0.05, 0) is 18.9 Å². The van der Waals surface area contributed by atoms with E-state index in [0.717, 1.165) is 5.82 Å². The maximum Gasteiger partial charge on any atom is 0.129 e. The number of hydrogen-bond acceptors (Lipinski definition) is 1. The van der Waals surface area contributed by atoms with E-state index in [1.165, 1.54) is 5.69 Å². The van der Waals surface area contributed by atoms with Crippen LogP contribution in [0.2, 0.25) is 0 Å². The maximum absolute atomic E-state index is 4.18. The summed E-state index contributed by atoms with van der Waals surface area (Å²) in [4.78, 5) is 7.40. The second-order valence-electron chi connectivity index (χ2n) is 2.88. The quantitative estimate of drug-likeness (QED) is 0.689. The van der Waals surface area contributed by atoms with Crippen LogP contribution in [-0.4, -0.2) is 9.97 Å². The van der Waals surface area contributed by atoms with E-state index in [0.29, 0.717) is 5.92 Å². The zero-order chi connectivity index (χ0) is 8.27. The van der Waals surface area contributed by atoms with Gasteiger partial charge in [-0.2, -0.15) is 0 Å². The highest BCUT2D eigenvalue weighted by Gasteiger charge is 2.00. The molecule has 1 N–H and O–H groups in total. The molecule has 0 unspecified atom stereocenters. The van der Waals surface area contributed by atoms with E-state index in [1.54, 1.807) is 0 Å². The zero-order valence-corrected chi connectivity index (χ0v) is 7.26. The molecule has 0 aromatic carbocycles. The molecule has 1 aromatic rings. The number of imidazole rings is 1. The molecule has 0 radical (unpaired) electrons. The third kappa shape index (κ3) is 1.93. The van der Waals surface area contributed by atoms with Crippen LogP contribution in [0.1, 0.15) is 38.2 Å². The van der Waals surface area contributed by atoms with Gasteiger partial charge in [0.25, 0.3) is 0 Å². The van der Waals surface area contributed by atoms with Gasteiger partial charge < -0.3 is 4.98 Å². The Labute approximate surface area is 67.4 Å². The van der Waals surface area contributed by atoms with Gasteiger partial charge in [0.2, 0.25) is 0 Å². The fourth-order valence-corrected chi connectivity index (χ4v) is 0.887. The normalized spacial score (nSPS) is 11.6. The molecule has 1 aromatic heterocycles. The summed E-state index contributed by atoms with van der Waals surface area (Å²) in [6.07, 6.45) is 5.83. The molecule has 2 nitrogen and oxygen atoms in total. The number of aromatic amines is 1. The highest BCUT2D eigenvalue weighted by molar-refractivity contribution is 5.39. The van der Waals surface area contributed by atoms with E-state index in [4.69, 9.17) is 0 Å². The summed E-state index contributed by atoms with van der Waals surface area (Å²) < 4.78 is 0. The molecule has 0 aliphatic rings. The van der Waals surface area contributed by atoms with Crippen molar-refractivity contribution in [3.05, 3.63) is 23.8 Å². The molecular weight excluding hydrogens is 136 g/mol. The zero-order valence-electron chi connectivity index (χ0n) is 7.26. The molecule has 0 atom stereocenters. The Bertz CT molecular complexity index is 246. The largest absolute Gasteiger partial charge is 0.342 e. The number of hydrogen-bond donors (Lipinski definition) is 1. The fourth-order valence-electron chi connectivity index (χ4n) is 0.887. The van der Waals surface area contributed by atoms with E-state index >= 15 is 0 Å². The Kier molecular flexibility index (Phi) is 2.47. The standard InChI is InChI=1S/C9H14N2/c1-4-5-9-10-6-8(11-9)7(2)3/h4-7H,1-3H3,(H,10,11)/b5-4-. The predicted molar refractivity (Wildman–Crippen MR) is 47.4 cm³/mol. The van der Waals surface area contributed by atoms with Crippen molar-refractivity contribution in [3.8, 4) is 0 Å². The van der Waals surface area contributed by atoms with E-state index in [2.05, 4.69) is 23.8 Å². The molecule has 0 bridgehead atoms. The number of aromatic nitrogens is 2. The van der Waals surface area contributed by atoms with Gasteiger partial charge in [-0.3, -0.25) is 0 Å². The van der Waals surface area contributed by atoms with Crippen LogP contribution in [0, 0.1) is 0 Å². The van der Waals surface area contributed by atoms with Crippen LogP contribution in [0.15, 0.2) is 12.3 Å². The molecule has 0 saturated carbocycles. The summed E-state index contributed by atoms with van der Waals surface area (Å²) >= 11 is 0. The van der Waals surface area contributed by atoms with Crippen LogP contribution in [0.4, 0.5) is 0 Å². The van der Waals surface area contributed by atoms with Gasteiger partial charge in [-0.25, -0.2) is 4.98 Å². The molecule has 0 aliphatic carbocycles. The lowest BCUT2D eigenvalue weighted by Crippen LogP contribution is -1.85. The van der Waals surface area contributed by atoms with Gasteiger partial charge in [0, 0.05) is 11.9 Å². The third-order valence-electron chi connectivity index (χ3n) is 1.56. The number of nitrogens with zero attached hydrogens (tertiary/aromatic N) is 1. The van der Waals surface area contributed by atoms with E-state index in [9.17, 15) is 0 Å². The van der Waals surface area contributed by atoms with Gasteiger partial charge in [-0.1, -0.05) is 19.9 Å². The van der Waals surface area contributed by atoms with Gasteiger partial charge in [0.15, 0.2) is 0 Å². The van der Waals surface area contributed by atoms with Crippen molar-refractivity contribution >= 4 is 6.08 Å². The topological polar surface area (TPSA) is 28.7 Å². The van der Waals surface area contributed by atoms with Crippen LogP contribution in [0.5, 0.6) is 0 Å². The summed E-state index contributed by atoms with van der Waals surface area (Å²) in [5.41, 5.74) is 1.19. The van der Waals surface area contributed by atoms with Crippen LogP contribution >= 0.6 is 0 Å². The lowest BCUT2D eigenvalue weighted by Gasteiger charge is -1.96. The summed E-state index contributed by atoms with van der Waals surface area (Å²) in [5, 5.41) is 0. The molecule has 1 rings (SSSR count). The Morgan fingerprint density at radius 3 is 2.73 bits per heavy atom. The van der Waals surface area contributed by atoms with Crippen LogP contribution < -0.4 is 0 Å². The smallest absolute Gasteiger partial charge is 0.129 e. The molecule has 0 spiro atoms. The Morgan fingerprint density at radius 2 is 2.27 bits per heavy atom. The lowest BCUT2D eigenvalue weighted by atomic mass is 10.2. The lowest BCUT2D eigenvalue weighted by molar-refractivity contribution is 0.831. The first-order valence-corrected chi connectivity index (χ1v) is 3.91. The average Bonchev–Trinajstić information content (AvgIpc) is 2.37. The first kappa shape index (κ1) is 8.05. The van der Waals surface area contributed by atoms with Crippen molar-refractivity contribution in [1.82, 2.24) is 9.97 Å². The molecule has 0 amide bonds. The number of H-pyrrole nitrogens is 1. The SMILES string of the molecule is C/C=C\c1ncc(C(C)C)[nH]1. The Morgan fingerprint density at radius 1 is 1.55 bits per heavy atom. The van der Waals surface area contributed by atoms with Crippen LogP contribution in [0.25, 0.3) is 6.08 Å². The molecule has 60 valence electrons. The van der Waals surface area contributed by atoms with Crippen molar-refractivity contribution in [3.63, 3.8) is 0 Å². The number of allylic oxidation sites excluding steroid dienone is 1. The van der Waals surface area contributed by atoms with Gasteiger partial charge in [0.05, 0.1) is 0 Å². The summed E-state index contributed by atoms with van der Waals surface area (Å²) in [6, 6.07) is 0. The molecule has 0 saturated heterocycles. The van der Waals surface area contributed by atoms with Crippen molar-refractivity contribution in [2.75, 3.05) is 0 Å². The van der Waals surface area contributed by atoms with Crippen molar-refractivity contribution < 1.29 is 0 Å². The van der Waals surface area contributed by atoms with Crippen LogP contribution in [-0.2, 0) is 0 Å². The minimum absolute atomic E-state index is 0.529. The van der Waals surface area contributed by atoms with Gasteiger partial charge in [-0.15, -0.1) is 0 Å². The summed E-state index contributed by atoms with van der Waals surface area (Å²) in [6.45, 7) is 6.28. The third-order valence-corrected chi connectivity index (χ3v) is 1.56. The highest BCUT2D eigenvalue weighted by atomic mass is 14.9. The van der Waals surface area contributed by atoms with Crippen molar-refractivity contribution in [2.45, 2.75) is 26.7 Å². The van der Waals surface area contributed by atoms with E-state index < -0.39 is 0 Å². The Balaban J connectivity index is 2.81. The summed E-state index contributed by atoms with van der Waals surface area (Å²) in [7, 11) is 0. The molecule has 0 fully saturated rings. The second kappa shape index (κ2) is 3.37.